The summed E-state index contributed by atoms with van der Waals surface area (Å²) in [6.07, 6.45) is 4.62. The van der Waals surface area contributed by atoms with E-state index in [4.69, 9.17) is 10.5 Å². The zero-order valence-electron chi connectivity index (χ0n) is 12.6. The smallest absolute Gasteiger partial charge is 0.222 e. The van der Waals surface area contributed by atoms with E-state index in [1.165, 1.54) is 0 Å². The number of ether oxygens (including phenoxy) is 1. The van der Waals surface area contributed by atoms with Gasteiger partial charge in [0.15, 0.2) is 0 Å². The molecule has 2 aliphatic rings. The summed E-state index contributed by atoms with van der Waals surface area (Å²) in [5.74, 6) is 0.120. The normalized spacial score (nSPS) is 27.6. The molecule has 3 N–H and O–H groups in total. The molecule has 0 spiro atoms. The molecule has 1 unspecified atom stereocenters. The predicted octanol–water partition coefficient (Wildman–Crippen LogP) is 0.422. The maximum absolute atomic E-state index is 12.3. The van der Waals surface area contributed by atoms with Gasteiger partial charge in [0.05, 0.1) is 12.0 Å². The van der Waals surface area contributed by atoms with Crippen LogP contribution in [0.15, 0.2) is 0 Å². The number of hydrogen-bond donors (Lipinski definition) is 2. The molecule has 0 bridgehead atoms. The van der Waals surface area contributed by atoms with Crippen LogP contribution in [0.2, 0.25) is 0 Å². The van der Waals surface area contributed by atoms with Crippen LogP contribution in [0.25, 0.3) is 0 Å². The molecule has 2 fully saturated rings. The number of hydrogen-bond acceptors (Lipinski definition) is 4. The minimum Gasteiger partial charge on any atom is -0.388 e. The average molecular weight is 298 g/mol. The van der Waals surface area contributed by atoms with Gasteiger partial charge in [0.2, 0.25) is 11.8 Å². The third-order valence-electron chi connectivity index (χ3n) is 4.52. The number of likely N-dealkylation sites (tertiary alicyclic amines) is 1. The fourth-order valence-corrected chi connectivity index (χ4v) is 3.31. The molecule has 0 aromatic heterocycles. The summed E-state index contributed by atoms with van der Waals surface area (Å²) in [6.45, 7) is 2.47. The van der Waals surface area contributed by atoms with Gasteiger partial charge in [0.1, 0.15) is 0 Å². The third kappa shape index (κ3) is 4.97. The third-order valence-corrected chi connectivity index (χ3v) is 4.52. The maximum Gasteiger partial charge on any atom is 0.222 e. The molecule has 2 aliphatic heterocycles. The number of nitrogens with two attached hydrogens (primary N) is 1. The van der Waals surface area contributed by atoms with Crippen molar-refractivity contribution in [3.05, 3.63) is 0 Å². The van der Waals surface area contributed by atoms with Crippen molar-refractivity contribution in [1.82, 2.24) is 4.90 Å². The van der Waals surface area contributed by atoms with Gasteiger partial charge in [0.25, 0.3) is 0 Å². The first-order valence-corrected chi connectivity index (χ1v) is 7.85. The van der Waals surface area contributed by atoms with Crippen molar-refractivity contribution in [2.45, 2.75) is 50.5 Å². The standard InChI is InChI=1S/C15H26N2O4/c16-13(18)10-15(20)6-1-7-17(11-15)14(19)3-2-12-4-8-21-9-5-12/h12,20H,1-11H2,(H2,16,18). The zero-order chi connectivity index (χ0) is 15.3. The molecule has 6 nitrogen and oxygen atoms in total. The summed E-state index contributed by atoms with van der Waals surface area (Å²) in [5, 5.41) is 10.4. The van der Waals surface area contributed by atoms with Crippen molar-refractivity contribution >= 4 is 11.8 Å². The predicted molar refractivity (Wildman–Crippen MR) is 77.4 cm³/mol. The Balaban J connectivity index is 1.79. The number of carbonyl (C=O) groups excluding carboxylic acids is 2. The van der Waals surface area contributed by atoms with Crippen LogP contribution in [0.4, 0.5) is 0 Å². The van der Waals surface area contributed by atoms with Crippen molar-refractivity contribution in [3.63, 3.8) is 0 Å². The van der Waals surface area contributed by atoms with Gasteiger partial charge in [-0.2, -0.15) is 0 Å². The van der Waals surface area contributed by atoms with Crippen molar-refractivity contribution in [3.8, 4) is 0 Å². The van der Waals surface area contributed by atoms with Gasteiger partial charge >= 0.3 is 0 Å². The number of primary amides is 1. The van der Waals surface area contributed by atoms with Gasteiger partial charge in [-0.05, 0) is 38.0 Å². The summed E-state index contributed by atoms with van der Waals surface area (Å²) >= 11 is 0. The topological polar surface area (TPSA) is 92.9 Å². The number of nitrogens with zero attached hydrogens (tertiary/aromatic N) is 1. The van der Waals surface area contributed by atoms with Gasteiger partial charge in [-0.3, -0.25) is 9.59 Å². The molecule has 6 heteroatoms. The number of rotatable bonds is 5. The first-order chi connectivity index (χ1) is 9.98. The zero-order valence-corrected chi connectivity index (χ0v) is 12.6. The van der Waals surface area contributed by atoms with Gasteiger partial charge in [-0.15, -0.1) is 0 Å². The Kier molecular flexibility index (Phi) is 5.58. The average Bonchev–Trinajstić information content (AvgIpc) is 2.44. The van der Waals surface area contributed by atoms with Crippen LogP contribution in [0.5, 0.6) is 0 Å². The molecule has 21 heavy (non-hydrogen) atoms. The van der Waals surface area contributed by atoms with Gasteiger partial charge in [-0.1, -0.05) is 0 Å². The first-order valence-electron chi connectivity index (χ1n) is 7.85. The Morgan fingerprint density at radius 3 is 2.71 bits per heavy atom. The summed E-state index contributed by atoms with van der Waals surface area (Å²) in [6, 6.07) is 0. The largest absolute Gasteiger partial charge is 0.388 e. The molecule has 0 saturated carbocycles. The molecule has 1 atom stereocenters. The van der Waals surface area contributed by atoms with Gasteiger partial charge in [0, 0.05) is 32.7 Å². The van der Waals surface area contributed by atoms with Gasteiger partial charge < -0.3 is 20.5 Å². The van der Waals surface area contributed by atoms with E-state index in [1.54, 1.807) is 4.90 Å². The van der Waals surface area contributed by atoms with Crippen LogP contribution in [0.1, 0.15) is 44.9 Å². The molecule has 2 amide bonds. The van der Waals surface area contributed by atoms with E-state index in [2.05, 4.69) is 0 Å². The summed E-state index contributed by atoms with van der Waals surface area (Å²) in [7, 11) is 0. The first kappa shape index (κ1) is 16.2. The molecule has 2 saturated heterocycles. The minimum absolute atomic E-state index is 0.0727. The number of aliphatic hydroxyl groups is 1. The molecular weight excluding hydrogens is 272 g/mol. The van der Waals surface area contributed by atoms with E-state index in [0.717, 1.165) is 32.5 Å². The molecule has 0 aliphatic carbocycles. The van der Waals surface area contributed by atoms with Crippen LogP contribution in [0, 0.1) is 5.92 Å². The second-order valence-corrected chi connectivity index (χ2v) is 6.38. The lowest BCUT2D eigenvalue weighted by molar-refractivity contribution is -0.142. The monoisotopic (exact) mass is 298 g/mol. The lowest BCUT2D eigenvalue weighted by atomic mass is 9.88. The van der Waals surface area contributed by atoms with Crippen LogP contribution in [-0.2, 0) is 14.3 Å². The summed E-state index contributed by atoms with van der Waals surface area (Å²) in [4.78, 5) is 25.0. The highest BCUT2D eigenvalue weighted by atomic mass is 16.5. The lowest BCUT2D eigenvalue weighted by Gasteiger charge is -2.39. The highest BCUT2D eigenvalue weighted by Crippen LogP contribution is 2.26. The SMILES string of the molecule is NC(=O)CC1(O)CCCN(C(=O)CCC2CCOCC2)C1. The quantitative estimate of drug-likeness (QED) is 0.769. The number of piperidine rings is 1. The van der Waals surface area contributed by atoms with Crippen LogP contribution in [-0.4, -0.2) is 53.7 Å². The van der Waals surface area contributed by atoms with E-state index >= 15 is 0 Å². The van der Waals surface area contributed by atoms with Crippen LogP contribution in [0.3, 0.4) is 0 Å². The highest BCUT2D eigenvalue weighted by molar-refractivity contribution is 5.77. The second-order valence-electron chi connectivity index (χ2n) is 6.38. The van der Waals surface area contributed by atoms with Crippen molar-refractivity contribution in [2.24, 2.45) is 11.7 Å². The van der Waals surface area contributed by atoms with Crippen molar-refractivity contribution in [1.29, 1.82) is 0 Å². The molecule has 120 valence electrons. The van der Waals surface area contributed by atoms with E-state index in [1.807, 2.05) is 0 Å². The van der Waals surface area contributed by atoms with E-state index in [-0.39, 0.29) is 18.9 Å². The maximum atomic E-state index is 12.3. The fourth-order valence-electron chi connectivity index (χ4n) is 3.31. The molecule has 2 heterocycles. The Morgan fingerprint density at radius 1 is 1.33 bits per heavy atom. The second kappa shape index (κ2) is 7.22. The fraction of sp³-hybridized carbons (Fsp3) is 0.867. The van der Waals surface area contributed by atoms with E-state index < -0.39 is 11.5 Å². The Morgan fingerprint density at radius 2 is 2.05 bits per heavy atom. The Hall–Kier alpha value is -1.14. The number of β-amino-alcohol motifs (C(OH)–C–C–N with tert-alkyl or cyclic N) is 1. The van der Waals surface area contributed by atoms with Crippen LogP contribution >= 0.6 is 0 Å². The molecule has 0 aromatic carbocycles. The number of amides is 2. The molecular formula is C15H26N2O4. The highest BCUT2D eigenvalue weighted by Gasteiger charge is 2.36. The lowest BCUT2D eigenvalue weighted by Crippen LogP contribution is -2.51. The van der Waals surface area contributed by atoms with E-state index in [0.29, 0.717) is 31.7 Å². The Labute approximate surface area is 125 Å². The van der Waals surface area contributed by atoms with Crippen molar-refractivity contribution in [2.75, 3.05) is 26.3 Å². The number of carbonyl (C=O) groups is 2. The Bertz CT molecular complexity index is 382. The molecule has 0 radical (unpaired) electrons. The minimum atomic E-state index is -1.14. The van der Waals surface area contributed by atoms with Crippen molar-refractivity contribution < 1.29 is 19.4 Å². The van der Waals surface area contributed by atoms with Crippen LogP contribution < -0.4 is 5.73 Å². The molecule has 2 rings (SSSR count). The molecule has 0 aromatic rings. The summed E-state index contributed by atoms with van der Waals surface area (Å²) in [5.41, 5.74) is 4.03. The summed E-state index contributed by atoms with van der Waals surface area (Å²) < 4.78 is 5.31. The van der Waals surface area contributed by atoms with Gasteiger partial charge in [-0.25, -0.2) is 0 Å². The van der Waals surface area contributed by atoms with E-state index in [9.17, 15) is 14.7 Å².